The predicted octanol–water partition coefficient (Wildman–Crippen LogP) is 4.03. The van der Waals surface area contributed by atoms with E-state index in [-0.39, 0.29) is 0 Å². The first-order valence-corrected chi connectivity index (χ1v) is 7.66. The number of rotatable bonds is 7. The quantitative estimate of drug-likeness (QED) is 0.735. The first kappa shape index (κ1) is 14.5. The van der Waals surface area contributed by atoms with Crippen LogP contribution >= 0.6 is 0 Å². The van der Waals surface area contributed by atoms with Gasteiger partial charge in [0.25, 0.3) is 0 Å². The van der Waals surface area contributed by atoms with Crippen LogP contribution in [0.25, 0.3) is 0 Å². The number of methoxy groups -OCH3 is 1. The second-order valence-corrected chi connectivity index (χ2v) is 5.56. The van der Waals surface area contributed by atoms with E-state index < -0.39 is 0 Å². The summed E-state index contributed by atoms with van der Waals surface area (Å²) in [6.45, 7) is 4.37. The van der Waals surface area contributed by atoms with Crippen LogP contribution in [-0.4, -0.2) is 31.2 Å². The average molecular weight is 261 g/mol. The first-order chi connectivity index (χ1) is 9.36. The molecule has 1 aliphatic rings. The molecule has 1 unspecified atom stereocenters. The smallest absolute Gasteiger partial charge is 0.0618 e. The predicted molar refractivity (Wildman–Crippen MR) is 80.3 cm³/mol. The standard InChI is InChI=1S/C17H27NO/c1-3-4-12-17(15-9-6-5-7-10-15)18-13-8-11-16(18)14-19-2/h5-7,9-10,16-17H,3-4,8,11-14H2,1-2H3/t16-,17?/m0/s1. The Kier molecular flexibility index (Phi) is 5.87. The van der Waals surface area contributed by atoms with Crippen molar-refractivity contribution in [3.05, 3.63) is 35.9 Å². The van der Waals surface area contributed by atoms with Crippen LogP contribution in [0, 0.1) is 0 Å². The summed E-state index contributed by atoms with van der Waals surface area (Å²) < 4.78 is 5.40. The van der Waals surface area contributed by atoms with Gasteiger partial charge in [0.2, 0.25) is 0 Å². The maximum atomic E-state index is 5.40. The van der Waals surface area contributed by atoms with E-state index in [4.69, 9.17) is 4.74 Å². The molecule has 1 aromatic rings. The third kappa shape index (κ3) is 3.80. The van der Waals surface area contributed by atoms with E-state index in [1.165, 1.54) is 44.2 Å². The van der Waals surface area contributed by atoms with Gasteiger partial charge in [-0.1, -0.05) is 50.1 Å². The number of benzene rings is 1. The molecule has 2 heteroatoms. The largest absolute Gasteiger partial charge is 0.383 e. The monoisotopic (exact) mass is 261 g/mol. The van der Waals surface area contributed by atoms with Crippen LogP contribution in [0.15, 0.2) is 30.3 Å². The summed E-state index contributed by atoms with van der Waals surface area (Å²) in [6.07, 6.45) is 6.43. The van der Waals surface area contributed by atoms with Crippen LogP contribution in [0.4, 0.5) is 0 Å². The Bertz CT molecular complexity index is 352. The zero-order chi connectivity index (χ0) is 13.5. The lowest BCUT2D eigenvalue weighted by atomic mass is 9.99. The molecule has 0 bridgehead atoms. The molecule has 1 aromatic carbocycles. The Balaban J connectivity index is 2.12. The highest BCUT2D eigenvalue weighted by atomic mass is 16.5. The van der Waals surface area contributed by atoms with E-state index in [1.54, 1.807) is 0 Å². The molecule has 19 heavy (non-hydrogen) atoms. The van der Waals surface area contributed by atoms with Gasteiger partial charge in [-0.2, -0.15) is 0 Å². The molecule has 0 amide bonds. The molecule has 1 heterocycles. The zero-order valence-electron chi connectivity index (χ0n) is 12.3. The third-order valence-electron chi connectivity index (χ3n) is 4.20. The molecule has 0 spiro atoms. The molecule has 106 valence electrons. The number of likely N-dealkylation sites (tertiary alicyclic amines) is 1. The number of nitrogens with zero attached hydrogens (tertiary/aromatic N) is 1. The highest BCUT2D eigenvalue weighted by Gasteiger charge is 2.30. The molecule has 0 aliphatic carbocycles. The summed E-state index contributed by atoms with van der Waals surface area (Å²) in [5.74, 6) is 0. The van der Waals surface area contributed by atoms with Crippen LogP contribution in [0.3, 0.4) is 0 Å². The Morgan fingerprint density at radius 3 is 2.79 bits per heavy atom. The summed E-state index contributed by atoms with van der Waals surface area (Å²) in [7, 11) is 1.82. The average Bonchev–Trinajstić information content (AvgIpc) is 2.89. The normalized spacial score (nSPS) is 21.7. The maximum Gasteiger partial charge on any atom is 0.0618 e. The molecule has 0 radical (unpaired) electrons. The molecule has 0 aromatic heterocycles. The van der Waals surface area contributed by atoms with E-state index >= 15 is 0 Å². The topological polar surface area (TPSA) is 12.5 Å². The summed E-state index contributed by atoms with van der Waals surface area (Å²) in [6, 6.07) is 12.2. The summed E-state index contributed by atoms with van der Waals surface area (Å²) in [5, 5.41) is 0. The summed E-state index contributed by atoms with van der Waals surface area (Å²) in [5.41, 5.74) is 1.47. The van der Waals surface area contributed by atoms with Crippen molar-refractivity contribution in [2.45, 2.75) is 51.1 Å². The van der Waals surface area contributed by atoms with Crippen LogP contribution in [0.5, 0.6) is 0 Å². The van der Waals surface area contributed by atoms with Gasteiger partial charge in [0.05, 0.1) is 6.61 Å². The number of unbranched alkanes of at least 4 members (excludes halogenated alkanes) is 1. The van der Waals surface area contributed by atoms with Gasteiger partial charge in [0, 0.05) is 19.2 Å². The van der Waals surface area contributed by atoms with Crippen molar-refractivity contribution in [3.63, 3.8) is 0 Å². The van der Waals surface area contributed by atoms with Crippen molar-refractivity contribution in [1.82, 2.24) is 4.90 Å². The summed E-state index contributed by atoms with van der Waals surface area (Å²) in [4.78, 5) is 2.68. The minimum Gasteiger partial charge on any atom is -0.383 e. The number of hydrogen-bond acceptors (Lipinski definition) is 2. The lowest BCUT2D eigenvalue weighted by Gasteiger charge is -2.33. The Morgan fingerprint density at radius 1 is 1.32 bits per heavy atom. The molecule has 2 atom stereocenters. The zero-order valence-corrected chi connectivity index (χ0v) is 12.3. The fraction of sp³-hybridized carbons (Fsp3) is 0.647. The van der Waals surface area contributed by atoms with Gasteiger partial charge < -0.3 is 4.74 Å². The van der Waals surface area contributed by atoms with Gasteiger partial charge in [-0.25, -0.2) is 0 Å². The molecular weight excluding hydrogens is 234 g/mol. The SMILES string of the molecule is CCCCC(c1ccccc1)N1CCC[C@H]1COC. The summed E-state index contributed by atoms with van der Waals surface area (Å²) >= 11 is 0. The first-order valence-electron chi connectivity index (χ1n) is 7.66. The molecule has 2 rings (SSSR count). The number of ether oxygens (including phenoxy) is 1. The van der Waals surface area contributed by atoms with Gasteiger partial charge in [0.1, 0.15) is 0 Å². The van der Waals surface area contributed by atoms with Crippen LogP contribution in [-0.2, 0) is 4.74 Å². The highest BCUT2D eigenvalue weighted by molar-refractivity contribution is 5.19. The van der Waals surface area contributed by atoms with Crippen molar-refractivity contribution in [3.8, 4) is 0 Å². The molecule has 1 fully saturated rings. The van der Waals surface area contributed by atoms with Crippen LogP contribution in [0.1, 0.15) is 50.6 Å². The van der Waals surface area contributed by atoms with E-state index in [2.05, 4.69) is 42.2 Å². The fourth-order valence-corrected chi connectivity index (χ4v) is 3.24. The van der Waals surface area contributed by atoms with Gasteiger partial charge in [-0.15, -0.1) is 0 Å². The minimum atomic E-state index is 0.573. The maximum absolute atomic E-state index is 5.40. The molecule has 0 N–H and O–H groups in total. The van der Waals surface area contributed by atoms with Crippen molar-refractivity contribution >= 4 is 0 Å². The van der Waals surface area contributed by atoms with Gasteiger partial charge >= 0.3 is 0 Å². The van der Waals surface area contributed by atoms with Crippen molar-refractivity contribution in [1.29, 1.82) is 0 Å². The molecule has 1 aliphatic heterocycles. The lowest BCUT2D eigenvalue weighted by molar-refractivity contribution is 0.0846. The Morgan fingerprint density at radius 2 is 2.11 bits per heavy atom. The van der Waals surface area contributed by atoms with Crippen molar-refractivity contribution in [2.24, 2.45) is 0 Å². The molecule has 2 nitrogen and oxygen atoms in total. The second kappa shape index (κ2) is 7.66. The Labute approximate surface area is 117 Å². The highest BCUT2D eigenvalue weighted by Crippen LogP contribution is 2.33. The van der Waals surface area contributed by atoms with Crippen LogP contribution in [0.2, 0.25) is 0 Å². The lowest BCUT2D eigenvalue weighted by Crippen LogP contribution is -2.36. The Hall–Kier alpha value is -0.860. The minimum absolute atomic E-state index is 0.573. The van der Waals surface area contributed by atoms with E-state index in [0.29, 0.717) is 12.1 Å². The van der Waals surface area contributed by atoms with Gasteiger partial charge in [0.15, 0.2) is 0 Å². The third-order valence-corrected chi connectivity index (χ3v) is 4.20. The fourth-order valence-electron chi connectivity index (χ4n) is 3.24. The van der Waals surface area contributed by atoms with Crippen molar-refractivity contribution in [2.75, 3.05) is 20.3 Å². The number of hydrogen-bond donors (Lipinski definition) is 0. The van der Waals surface area contributed by atoms with Gasteiger partial charge in [-0.05, 0) is 31.4 Å². The van der Waals surface area contributed by atoms with Crippen LogP contribution < -0.4 is 0 Å². The molecule has 0 saturated carbocycles. The van der Waals surface area contributed by atoms with E-state index in [1.807, 2.05) is 7.11 Å². The van der Waals surface area contributed by atoms with Gasteiger partial charge in [-0.3, -0.25) is 4.90 Å². The van der Waals surface area contributed by atoms with E-state index in [9.17, 15) is 0 Å². The second-order valence-electron chi connectivity index (χ2n) is 5.56. The molecular formula is C17H27NO. The van der Waals surface area contributed by atoms with E-state index in [0.717, 1.165) is 6.61 Å². The van der Waals surface area contributed by atoms with Crippen molar-refractivity contribution < 1.29 is 4.74 Å². The molecule has 1 saturated heterocycles.